The van der Waals surface area contributed by atoms with Gasteiger partial charge in [-0.1, -0.05) is 0 Å². The van der Waals surface area contributed by atoms with E-state index in [2.05, 4.69) is 5.32 Å². The molecule has 0 unspecified atom stereocenters. The quantitative estimate of drug-likeness (QED) is 0.864. The minimum Gasteiger partial charge on any atom is -0.459 e. The van der Waals surface area contributed by atoms with E-state index in [9.17, 15) is 22.8 Å². The Kier molecular flexibility index (Phi) is 5.73. The summed E-state index contributed by atoms with van der Waals surface area (Å²) in [5.74, 6) is -0.223. The lowest BCUT2D eigenvalue weighted by Crippen LogP contribution is -2.54. The van der Waals surface area contributed by atoms with Gasteiger partial charge in [0.1, 0.15) is 0 Å². The fourth-order valence-electron chi connectivity index (χ4n) is 3.02. The zero-order valence-corrected chi connectivity index (χ0v) is 15.2. The minimum absolute atomic E-state index is 0.188. The van der Waals surface area contributed by atoms with Crippen molar-refractivity contribution < 1.29 is 27.2 Å². The Morgan fingerprint density at radius 1 is 1.07 bits per heavy atom. The first-order chi connectivity index (χ1) is 13.3. The second-order valence-electron chi connectivity index (χ2n) is 6.55. The van der Waals surface area contributed by atoms with Crippen LogP contribution in [0.15, 0.2) is 47.1 Å². The monoisotopic (exact) mass is 395 g/mol. The van der Waals surface area contributed by atoms with Gasteiger partial charge in [-0.15, -0.1) is 0 Å². The van der Waals surface area contributed by atoms with Crippen molar-refractivity contribution in [3.63, 3.8) is 0 Å². The van der Waals surface area contributed by atoms with Crippen molar-refractivity contribution in [1.82, 2.24) is 9.80 Å². The lowest BCUT2D eigenvalue weighted by atomic mass is 10.1. The van der Waals surface area contributed by atoms with Crippen LogP contribution in [0.25, 0.3) is 0 Å². The molecule has 1 aromatic heterocycles. The number of benzene rings is 1. The largest absolute Gasteiger partial charge is 0.459 e. The normalized spacial score (nSPS) is 16.6. The number of carbonyl (C=O) groups is 2. The van der Waals surface area contributed by atoms with Crippen LogP contribution in [-0.4, -0.2) is 53.8 Å². The molecule has 1 saturated heterocycles. The maximum atomic E-state index is 12.6. The summed E-state index contributed by atoms with van der Waals surface area (Å²) in [6, 6.07) is 7.09. The molecule has 150 valence electrons. The van der Waals surface area contributed by atoms with Gasteiger partial charge in [0.15, 0.2) is 5.76 Å². The molecule has 1 aliphatic heterocycles. The molecule has 2 heterocycles. The predicted molar refractivity (Wildman–Crippen MR) is 95.7 cm³/mol. The van der Waals surface area contributed by atoms with E-state index in [1.54, 1.807) is 24.0 Å². The minimum atomic E-state index is -4.41. The number of hydrogen-bond donors (Lipinski definition) is 1. The van der Waals surface area contributed by atoms with Gasteiger partial charge in [-0.3, -0.25) is 14.5 Å². The Hall–Kier alpha value is -2.81. The number of halogens is 3. The van der Waals surface area contributed by atoms with Crippen molar-refractivity contribution >= 4 is 17.5 Å². The van der Waals surface area contributed by atoms with Crippen molar-refractivity contribution in [2.24, 2.45) is 0 Å². The standard InChI is InChI=1S/C19H20F3N3O3/c1-13(17(26)23-15-6-4-14(5-7-15)19(20,21)22)24-8-10-25(11-9-24)18(27)16-3-2-12-28-16/h2-7,12-13H,8-11H2,1H3,(H,23,26)/t13-/m0/s1. The van der Waals surface area contributed by atoms with Crippen LogP contribution < -0.4 is 5.32 Å². The van der Waals surface area contributed by atoms with Crippen LogP contribution in [0.1, 0.15) is 23.0 Å². The van der Waals surface area contributed by atoms with Gasteiger partial charge >= 0.3 is 6.18 Å². The summed E-state index contributed by atoms with van der Waals surface area (Å²) < 4.78 is 42.9. The molecule has 9 heteroatoms. The van der Waals surface area contributed by atoms with E-state index in [1.807, 2.05) is 4.90 Å². The smallest absolute Gasteiger partial charge is 0.416 e. The summed E-state index contributed by atoms with van der Waals surface area (Å²) in [6.45, 7) is 3.65. The molecule has 1 N–H and O–H groups in total. The number of amides is 2. The summed E-state index contributed by atoms with van der Waals surface area (Å²) in [7, 11) is 0. The molecule has 2 amide bonds. The topological polar surface area (TPSA) is 65.8 Å². The van der Waals surface area contributed by atoms with E-state index in [-0.39, 0.29) is 17.6 Å². The zero-order valence-electron chi connectivity index (χ0n) is 15.2. The lowest BCUT2D eigenvalue weighted by Gasteiger charge is -2.37. The molecule has 1 fully saturated rings. The maximum absolute atomic E-state index is 12.6. The van der Waals surface area contributed by atoms with Crippen LogP contribution in [0.2, 0.25) is 0 Å². The molecule has 3 rings (SSSR count). The fraction of sp³-hybridized carbons (Fsp3) is 0.368. The van der Waals surface area contributed by atoms with Crippen molar-refractivity contribution in [2.75, 3.05) is 31.5 Å². The second kappa shape index (κ2) is 8.05. The van der Waals surface area contributed by atoms with Crippen LogP contribution in [0, 0.1) is 0 Å². The molecule has 0 bridgehead atoms. The van der Waals surface area contributed by atoms with Crippen molar-refractivity contribution in [3.8, 4) is 0 Å². The molecular weight excluding hydrogens is 375 g/mol. The van der Waals surface area contributed by atoms with Crippen LogP contribution >= 0.6 is 0 Å². The Balaban J connectivity index is 1.52. The molecule has 0 aliphatic carbocycles. The summed E-state index contributed by atoms with van der Waals surface area (Å²) in [5, 5.41) is 2.63. The van der Waals surface area contributed by atoms with Gasteiger partial charge in [-0.25, -0.2) is 0 Å². The molecule has 28 heavy (non-hydrogen) atoms. The molecular formula is C19H20F3N3O3. The van der Waals surface area contributed by atoms with Gasteiger partial charge in [0, 0.05) is 31.9 Å². The van der Waals surface area contributed by atoms with Crippen LogP contribution in [0.4, 0.5) is 18.9 Å². The van der Waals surface area contributed by atoms with Crippen LogP contribution in [0.5, 0.6) is 0 Å². The van der Waals surface area contributed by atoms with E-state index >= 15 is 0 Å². The highest BCUT2D eigenvalue weighted by Gasteiger charge is 2.31. The van der Waals surface area contributed by atoms with E-state index in [1.165, 1.54) is 18.4 Å². The molecule has 0 spiro atoms. The van der Waals surface area contributed by atoms with Gasteiger partial charge in [0.25, 0.3) is 5.91 Å². The maximum Gasteiger partial charge on any atom is 0.416 e. The highest BCUT2D eigenvalue weighted by molar-refractivity contribution is 5.94. The zero-order chi connectivity index (χ0) is 20.3. The molecule has 6 nitrogen and oxygen atoms in total. The number of nitrogens with zero attached hydrogens (tertiary/aromatic N) is 2. The number of rotatable bonds is 4. The summed E-state index contributed by atoms with van der Waals surface area (Å²) >= 11 is 0. The number of alkyl halides is 3. The average Bonchev–Trinajstić information content (AvgIpc) is 3.21. The first-order valence-corrected chi connectivity index (χ1v) is 8.80. The first-order valence-electron chi connectivity index (χ1n) is 8.80. The summed E-state index contributed by atoms with van der Waals surface area (Å²) in [5.41, 5.74) is -0.465. The molecule has 1 aromatic carbocycles. The third-order valence-electron chi connectivity index (χ3n) is 4.74. The van der Waals surface area contributed by atoms with E-state index in [0.717, 1.165) is 12.1 Å². The van der Waals surface area contributed by atoms with Crippen molar-refractivity contribution in [2.45, 2.75) is 19.1 Å². The number of piperazine rings is 1. The number of hydrogen-bond acceptors (Lipinski definition) is 4. The van der Waals surface area contributed by atoms with Gasteiger partial charge in [0.2, 0.25) is 5.91 Å². The molecule has 1 aliphatic rings. The van der Waals surface area contributed by atoms with E-state index in [4.69, 9.17) is 4.42 Å². The van der Waals surface area contributed by atoms with Crippen LogP contribution in [0.3, 0.4) is 0 Å². The first kappa shape index (κ1) is 19.9. The highest BCUT2D eigenvalue weighted by atomic mass is 19.4. The van der Waals surface area contributed by atoms with Crippen molar-refractivity contribution in [1.29, 1.82) is 0 Å². The predicted octanol–water partition coefficient (Wildman–Crippen LogP) is 3.08. The summed E-state index contributed by atoms with van der Waals surface area (Å²) in [6.07, 6.45) is -2.97. The third kappa shape index (κ3) is 4.53. The number of furan rings is 1. The fourth-order valence-corrected chi connectivity index (χ4v) is 3.02. The number of nitrogens with one attached hydrogen (secondary N) is 1. The SMILES string of the molecule is C[C@@H](C(=O)Nc1ccc(C(F)(F)F)cc1)N1CCN(C(=O)c2ccco2)CC1. The average molecular weight is 395 g/mol. The van der Waals surface area contributed by atoms with Gasteiger partial charge in [0.05, 0.1) is 17.9 Å². The Bertz CT molecular complexity index is 811. The third-order valence-corrected chi connectivity index (χ3v) is 4.74. The number of carbonyl (C=O) groups excluding carboxylic acids is 2. The van der Waals surface area contributed by atoms with Crippen LogP contribution in [-0.2, 0) is 11.0 Å². The Morgan fingerprint density at radius 3 is 2.25 bits per heavy atom. The molecule has 0 radical (unpaired) electrons. The van der Waals surface area contributed by atoms with Gasteiger partial charge in [-0.2, -0.15) is 13.2 Å². The molecule has 1 atom stereocenters. The summed E-state index contributed by atoms with van der Waals surface area (Å²) in [4.78, 5) is 28.3. The molecule has 0 saturated carbocycles. The van der Waals surface area contributed by atoms with Crippen molar-refractivity contribution in [3.05, 3.63) is 54.0 Å². The van der Waals surface area contributed by atoms with Gasteiger partial charge in [-0.05, 0) is 43.3 Å². The van der Waals surface area contributed by atoms with E-state index in [0.29, 0.717) is 31.9 Å². The lowest BCUT2D eigenvalue weighted by molar-refractivity contribution is -0.137. The highest BCUT2D eigenvalue weighted by Crippen LogP contribution is 2.29. The Labute approximate surface area is 159 Å². The second-order valence-corrected chi connectivity index (χ2v) is 6.55. The Morgan fingerprint density at radius 2 is 1.71 bits per heavy atom. The number of anilines is 1. The van der Waals surface area contributed by atoms with Gasteiger partial charge < -0.3 is 14.6 Å². The van der Waals surface area contributed by atoms with E-state index < -0.39 is 17.8 Å². The molecule has 2 aromatic rings.